The summed E-state index contributed by atoms with van der Waals surface area (Å²) in [6.07, 6.45) is 5.23. The Morgan fingerprint density at radius 3 is 2.41 bits per heavy atom. The number of aromatic amines is 1. The number of H-pyrrole nitrogens is 1. The molecule has 1 aliphatic heterocycles. The molecule has 184 valence electrons. The Morgan fingerprint density at radius 2 is 1.88 bits per heavy atom. The monoisotopic (exact) mass is 474 g/mol. The quantitative estimate of drug-likeness (QED) is 0.505. The van der Waals surface area contributed by atoms with Crippen LogP contribution >= 0.6 is 0 Å². The number of nitrogens with zero attached hydrogens (tertiary/aromatic N) is 3. The molecule has 2 aromatic heterocycles. The van der Waals surface area contributed by atoms with Crippen molar-refractivity contribution in [2.24, 2.45) is 0 Å². The van der Waals surface area contributed by atoms with Crippen LogP contribution in [0.2, 0.25) is 0 Å². The molecule has 0 aromatic carbocycles. The van der Waals surface area contributed by atoms with Gasteiger partial charge in [0, 0.05) is 25.3 Å². The summed E-state index contributed by atoms with van der Waals surface area (Å²) in [6, 6.07) is 5.79. The lowest BCUT2D eigenvalue weighted by atomic mass is 10.0. The van der Waals surface area contributed by atoms with Crippen LogP contribution in [0, 0.1) is 0 Å². The lowest BCUT2D eigenvalue weighted by molar-refractivity contribution is -0.115. The molecule has 3 heterocycles. The van der Waals surface area contributed by atoms with Crippen LogP contribution in [0.5, 0.6) is 0 Å². The highest BCUT2D eigenvalue weighted by Gasteiger charge is 2.24. The molecule has 1 aliphatic rings. The molecular formula is C24H32F2N6O2. The molecule has 2 amide bonds. The van der Waals surface area contributed by atoms with Gasteiger partial charge in [0.15, 0.2) is 0 Å². The number of carbonyl (C=O) groups excluding carboxylic acids is 2. The maximum absolute atomic E-state index is 12.7. The van der Waals surface area contributed by atoms with Gasteiger partial charge in [0.2, 0.25) is 5.91 Å². The molecule has 0 atom stereocenters. The number of hydrogen-bond acceptors (Lipinski definition) is 5. The molecule has 3 rings (SSSR count). The highest BCUT2D eigenvalue weighted by atomic mass is 19.1. The Hall–Kier alpha value is -3.82. The van der Waals surface area contributed by atoms with Gasteiger partial charge < -0.3 is 15.5 Å². The molecule has 0 aliphatic carbocycles. The number of aromatic nitrogens is 3. The molecule has 34 heavy (non-hydrogen) atoms. The summed E-state index contributed by atoms with van der Waals surface area (Å²) in [5, 5.41) is 11.8. The average molecular weight is 475 g/mol. The van der Waals surface area contributed by atoms with Crippen LogP contribution < -0.4 is 15.5 Å². The topological polar surface area (TPSA) is 103 Å². The molecule has 0 spiro atoms. The molecule has 10 heteroatoms. The fraction of sp³-hybridized carbons (Fsp3) is 0.333. The van der Waals surface area contributed by atoms with Gasteiger partial charge >= 0.3 is 0 Å². The Labute approximate surface area is 198 Å². The predicted octanol–water partition coefficient (Wildman–Crippen LogP) is 4.70. The second-order valence-corrected chi connectivity index (χ2v) is 6.97. The summed E-state index contributed by atoms with van der Waals surface area (Å²) in [4.78, 5) is 30.7. The van der Waals surface area contributed by atoms with Crippen LogP contribution in [0.25, 0.3) is 0 Å². The third kappa shape index (κ3) is 9.76. The number of piperidine rings is 1. The van der Waals surface area contributed by atoms with E-state index in [1.54, 1.807) is 6.20 Å². The van der Waals surface area contributed by atoms with Crippen molar-refractivity contribution in [3.8, 4) is 0 Å². The average Bonchev–Trinajstić information content (AvgIpc) is 3.29. The minimum Gasteiger partial charge on any atom is -0.356 e. The van der Waals surface area contributed by atoms with E-state index in [9.17, 15) is 18.4 Å². The van der Waals surface area contributed by atoms with Gasteiger partial charge in [0.05, 0.1) is 18.3 Å². The number of hydrogen-bond donors (Lipinski definition) is 3. The van der Waals surface area contributed by atoms with Crippen LogP contribution in [-0.2, 0) is 4.79 Å². The van der Waals surface area contributed by atoms with Crippen LogP contribution in [0.15, 0.2) is 68.1 Å². The number of anilines is 2. The summed E-state index contributed by atoms with van der Waals surface area (Å²) in [5.74, 6) is -1.26. The molecule has 8 nitrogen and oxygen atoms in total. The Kier molecular flexibility index (Phi) is 12.5. The van der Waals surface area contributed by atoms with Crippen molar-refractivity contribution in [1.29, 1.82) is 0 Å². The summed E-state index contributed by atoms with van der Waals surface area (Å²) >= 11 is 0. The third-order valence-corrected chi connectivity index (χ3v) is 4.52. The fourth-order valence-electron chi connectivity index (χ4n) is 2.97. The maximum atomic E-state index is 12.7. The predicted molar refractivity (Wildman–Crippen MR) is 131 cm³/mol. The first-order valence-corrected chi connectivity index (χ1v) is 10.9. The first-order valence-electron chi connectivity index (χ1n) is 10.9. The van der Waals surface area contributed by atoms with E-state index in [0.717, 1.165) is 37.8 Å². The number of nitrogens with one attached hydrogen (secondary N) is 3. The standard InChI is InChI=1S/C18H21FN6O2.C4H5F.C2H6/c1-12(19)10-16(26)23-14-11-21-24-17(14)18(27)22-13-5-8-25(9-6-13)15-4-2-3-7-20-15;1-3-4(2)5;1-2/h2-4,7,11,13H,1,5-6,8-10H2,(H,21,24)(H,22,27)(H,23,26);3H,1-2H2;1-2H3. The zero-order valence-corrected chi connectivity index (χ0v) is 19.6. The van der Waals surface area contributed by atoms with E-state index in [-0.39, 0.29) is 23.3 Å². The second kappa shape index (κ2) is 15.1. The Morgan fingerprint density at radius 1 is 1.24 bits per heavy atom. The van der Waals surface area contributed by atoms with E-state index >= 15 is 0 Å². The fourth-order valence-corrected chi connectivity index (χ4v) is 2.97. The number of allylic oxidation sites excluding steroid dienone is 2. The van der Waals surface area contributed by atoms with E-state index in [0.29, 0.717) is 0 Å². The number of carbonyl (C=O) groups is 2. The van der Waals surface area contributed by atoms with Gasteiger partial charge in [-0.25, -0.2) is 13.8 Å². The van der Waals surface area contributed by atoms with Crippen molar-refractivity contribution in [3.63, 3.8) is 0 Å². The summed E-state index contributed by atoms with van der Waals surface area (Å²) in [6.45, 7) is 14.6. The summed E-state index contributed by atoms with van der Waals surface area (Å²) in [5.41, 5.74) is 0.352. The second-order valence-electron chi connectivity index (χ2n) is 6.97. The number of amides is 2. The van der Waals surface area contributed by atoms with Crippen LogP contribution in [0.3, 0.4) is 0 Å². The van der Waals surface area contributed by atoms with Gasteiger partial charge in [-0.05, 0) is 31.1 Å². The van der Waals surface area contributed by atoms with Crippen molar-refractivity contribution in [2.75, 3.05) is 23.3 Å². The van der Waals surface area contributed by atoms with Crippen molar-refractivity contribution in [1.82, 2.24) is 20.5 Å². The SMILES string of the molecule is C=C(F)CC(=O)Nc1cn[nH]c1C(=O)NC1CCN(c2ccccn2)CC1.C=CC(=C)F.CC. The Balaban J connectivity index is 0.000000733. The van der Waals surface area contributed by atoms with Crippen molar-refractivity contribution < 1.29 is 18.4 Å². The van der Waals surface area contributed by atoms with Gasteiger partial charge in [0.1, 0.15) is 23.2 Å². The smallest absolute Gasteiger partial charge is 0.271 e. The number of halogens is 2. The zero-order valence-electron chi connectivity index (χ0n) is 19.6. The van der Waals surface area contributed by atoms with Crippen LogP contribution in [0.4, 0.5) is 20.3 Å². The van der Waals surface area contributed by atoms with Crippen molar-refractivity contribution in [3.05, 3.63) is 73.8 Å². The summed E-state index contributed by atoms with van der Waals surface area (Å²) in [7, 11) is 0. The maximum Gasteiger partial charge on any atom is 0.271 e. The highest BCUT2D eigenvalue weighted by molar-refractivity contribution is 6.02. The Bertz CT molecular complexity index is 953. The van der Waals surface area contributed by atoms with E-state index in [2.05, 4.69) is 50.5 Å². The van der Waals surface area contributed by atoms with Gasteiger partial charge in [-0.1, -0.05) is 39.7 Å². The molecule has 1 fully saturated rings. The molecule has 1 saturated heterocycles. The minimum absolute atomic E-state index is 0.00920. The lowest BCUT2D eigenvalue weighted by Gasteiger charge is -2.33. The zero-order chi connectivity index (χ0) is 25.5. The largest absolute Gasteiger partial charge is 0.356 e. The molecule has 0 radical (unpaired) electrons. The third-order valence-electron chi connectivity index (χ3n) is 4.52. The number of pyridine rings is 1. The molecule has 2 aromatic rings. The van der Waals surface area contributed by atoms with Crippen LogP contribution in [-0.4, -0.2) is 46.1 Å². The van der Waals surface area contributed by atoms with Gasteiger partial charge in [-0.3, -0.25) is 14.7 Å². The molecular weight excluding hydrogens is 442 g/mol. The van der Waals surface area contributed by atoms with E-state index in [1.807, 2.05) is 32.0 Å². The van der Waals surface area contributed by atoms with Crippen molar-refractivity contribution >= 4 is 23.3 Å². The molecule has 3 N–H and O–H groups in total. The van der Waals surface area contributed by atoms with Crippen molar-refractivity contribution in [2.45, 2.75) is 39.2 Å². The molecule has 0 bridgehead atoms. The van der Waals surface area contributed by atoms with E-state index < -0.39 is 24.0 Å². The first-order chi connectivity index (χ1) is 16.3. The number of rotatable bonds is 7. The van der Waals surface area contributed by atoms with Gasteiger partial charge in [-0.15, -0.1) is 0 Å². The molecule has 0 unspecified atom stereocenters. The first kappa shape index (κ1) is 28.2. The van der Waals surface area contributed by atoms with E-state index in [1.165, 1.54) is 6.20 Å². The van der Waals surface area contributed by atoms with E-state index in [4.69, 9.17) is 0 Å². The van der Waals surface area contributed by atoms with Crippen LogP contribution in [0.1, 0.15) is 43.6 Å². The highest BCUT2D eigenvalue weighted by Crippen LogP contribution is 2.19. The lowest BCUT2D eigenvalue weighted by Crippen LogP contribution is -2.45. The minimum atomic E-state index is -0.748. The van der Waals surface area contributed by atoms with Gasteiger partial charge in [-0.2, -0.15) is 5.10 Å². The normalized spacial score (nSPS) is 12.8. The summed E-state index contributed by atoms with van der Waals surface area (Å²) < 4.78 is 23.9. The molecule has 0 saturated carbocycles. The van der Waals surface area contributed by atoms with Gasteiger partial charge in [0.25, 0.3) is 5.91 Å².